The van der Waals surface area contributed by atoms with Crippen LogP contribution in [0.4, 0.5) is 0 Å². The molecule has 0 aliphatic rings. The maximum Gasteiger partial charge on any atom is 0.329 e. The van der Waals surface area contributed by atoms with Gasteiger partial charge in [0.1, 0.15) is 34.1 Å². The van der Waals surface area contributed by atoms with Crippen molar-refractivity contribution >= 4 is 49.5 Å². The zero-order valence-corrected chi connectivity index (χ0v) is 19.7. The number of aryl methyl sites for hydroxylation is 1. The number of benzene rings is 3. The molecule has 3 aromatic carbocycles. The molecule has 0 aliphatic heterocycles. The minimum Gasteiger partial charge on any atom is -0.507 e. The van der Waals surface area contributed by atoms with Gasteiger partial charge in [-0.25, -0.2) is 13.2 Å². The molecule has 0 radical (unpaired) electrons. The standard InChI is InChI=1S/C24H20ClNO7S/c1-3-18(26-34(30,31)16-7-4-13(2)5-8-16)24(29)32-15-11-19(27)22-21(12-15)33-20-10-14(25)6-9-17(20)23(22)28/h4-12,18,26-27H,3H2,1-2H3/t18-/m1/s1. The maximum absolute atomic E-state index is 12.8. The van der Waals surface area contributed by atoms with Crippen LogP contribution in [0.25, 0.3) is 21.9 Å². The predicted octanol–water partition coefficient (Wildman–Crippen LogP) is 4.28. The molecule has 4 aromatic rings. The quantitative estimate of drug-likeness (QED) is 0.229. The average molecular weight is 502 g/mol. The summed E-state index contributed by atoms with van der Waals surface area (Å²) in [6.45, 7) is 3.45. The van der Waals surface area contributed by atoms with Crippen LogP contribution in [0.1, 0.15) is 18.9 Å². The molecule has 1 aromatic heterocycles. The van der Waals surface area contributed by atoms with Crippen LogP contribution >= 0.6 is 11.6 Å². The first-order chi connectivity index (χ1) is 16.1. The zero-order chi connectivity index (χ0) is 24.6. The molecule has 1 heterocycles. The highest BCUT2D eigenvalue weighted by atomic mass is 35.5. The summed E-state index contributed by atoms with van der Waals surface area (Å²) in [5.41, 5.74) is 0.602. The largest absolute Gasteiger partial charge is 0.507 e. The number of phenolic OH excluding ortho intramolecular Hbond substituents is 1. The van der Waals surface area contributed by atoms with E-state index < -0.39 is 33.2 Å². The summed E-state index contributed by atoms with van der Waals surface area (Å²) in [4.78, 5) is 25.5. The Bertz CT molecular complexity index is 1580. The number of ether oxygens (including phenoxy) is 1. The summed E-state index contributed by atoms with van der Waals surface area (Å²) in [5.74, 6) is -1.45. The number of aromatic hydroxyl groups is 1. The van der Waals surface area contributed by atoms with E-state index in [-0.39, 0.29) is 39.0 Å². The first kappa shape index (κ1) is 23.7. The number of phenols is 1. The molecule has 8 nitrogen and oxygen atoms in total. The number of halogens is 1. The molecule has 0 spiro atoms. The molecule has 34 heavy (non-hydrogen) atoms. The van der Waals surface area contributed by atoms with Crippen molar-refractivity contribution in [3.05, 3.63) is 75.4 Å². The second-order valence-corrected chi connectivity index (χ2v) is 9.85. The van der Waals surface area contributed by atoms with Crippen molar-refractivity contribution in [2.75, 3.05) is 0 Å². The number of carbonyl (C=O) groups is 1. The first-order valence-corrected chi connectivity index (χ1v) is 12.1. The third kappa shape index (κ3) is 4.63. The van der Waals surface area contributed by atoms with Crippen molar-refractivity contribution in [3.63, 3.8) is 0 Å². The van der Waals surface area contributed by atoms with Gasteiger partial charge < -0.3 is 14.3 Å². The topological polar surface area (TPSA) is 123 Å². The van der Waals surface area contributed by atoms with E-state index in [1.165, 1.54) is 36.4 Å². The molecular formula is C24H20ClNO7S. The lowest BCUT2D eigenvalue weighted by Gasteiger charge is -2.16. The Balaban J connectivity index is 1.64. The fourth-order valence-electron chi connectivity index (χ4n) is 3.42. The Labute approximate surface area is 199 Å². The fraction of sp³-hybridized carbons (Fsp3) is 0.167. The Hall–Kier alpha value is -3.40. The molecule has 176 valence electrons. The van der Waals surface area contributed by atoms with Gasteiger partial charge in [0.2, 0.25) is 15.5 Å². The summed E-state index contributed by atoms with van der Waals surface area (Å²) in [6, 6.07) is 11.8. The van der Waals surface area contributed by atoms with E-state index >= 15 is 0 Å². The van der Waals surface area contributed by atoms with Crippen molar-refractivity contribution in [2.24, 2.45) is 0 Å². The Morgan fingerprint density at radius 1 is 1.12 bits per heavy atom. The molecule has 1 atom stereocenters. The second kappa shape index (κ2) is 9.09. The minimum atomic E-state index is -3.98. The molecule has 10 heteroatoms. The Morgan fingerprint density at radius 3 is 2.50 bits per heavy atom. The number of fused-ring (bicyclic) bond motifs is 2. The van der Waals surface area contributed by atoms with Gasteiger partial charge in [0.15, 0.2) is 0 Å². The third-order valence-electron chi connectivity index (χ3n) is 5.23. The zero-order valence-electron chi connectivity index (χ0n) is 18.2. The van der Waals surface area contributed by atoms with Gasteiger partial charge in [-0.3, -0.25) is 4.79 Å². The molecule has 0 saturated carbocycles. The first-order valence-electron chi connectivity index (χ1n) is 10.3. The average Bonchev–Trinajstić information content (AvgIpc) is 2.77. The van der Waals surface area contributed by atoms with E-state index in [0.717, 1.165) is 11.6 Å². The van der Waals surface area contributed by atoms with E-state index in [1.54, 1.807) is 19.1 Å². The Kier molecular flexibility index (Phi) is 6.35. The van der Waals surface area contributed by atoms with Crippen LogP contribution in [0, 0.1) is 6.92 Å². The van der Waals surface area contributed by atoms with E-state index in [9.17, 15) is 23.1 Å². The molecule has 0 unspecified atom stereocenters. The fourth-order valence-corrected chi connectivity index (χ4v) is 4.85. The lowest BCUT2D eigenvalue weighted by Crippen LogP contribution is -2.42. The van der Waals surface area contributed by atoms with Gasteiger partial charge in [-0.2, -0.15) is 4.72 Å². The molecular weight excluding hydrogens is 482 g/mol. The van der Waals surface area contributed by atoms with Gasteiger partial charge in [-0.15, -0.1) is 0 Å². The van der Waals surface area contributed by atoms with Gasteiger partial charge in [0.25, 0.3) is 0 Å². The lowest BCUT2D eigenvalue weighted by molar-refractivity contribution is -0.136. The molecule has 0 amide bonds. The highest BCUT2D eigenvalue weighted by Crippen LogP contribution is 2.31. The van der Waals surface area contributed by atoms with Gasteiger partial charge in [-0.1, -0.05) is 36.2 Å². The van der Waals surface area contributed by atoms with Gasteiger partial charge in [-0.05, 0) is 37.6 Å². The van der Waals surface area contributed by atoms with Crippen LogP contribution in [-0.4, -0.2) is 25.5 Å². The van der Waals surface area contributed by atoms with Crippen LogP contribution in [0.5, 0.6) is 11.5 Å². The van der Waals surface area contributed by atoms with Crippen LogP contribution in [0.3, 0.4) is 0 Å². The second-order valence-electron chi connectivity index (χ2n) is 7.70. The maximum atomic E-state index is 12.8. The van der Waals surface area contributed by atoms with Crippen LogP contribution < -0.4 is 14.9 Å². The number of sulfonamides is 1. The number of hydrogen-bond donors (Lipinski definition) is 2. The summed E-state index contributed by atoms with van der Waals surface area (Å²) in [7, 11) is -3.98. The highest BCUT2D eigenvalue weighted by molar-refractivity contribution is 7.89. The van der Waals surface area contributed by atoms with E-state index in [4.69, 9.17) is 20.8 Å². The summed E-state index contributed by atoms with van der Waals surface area (Å²) < 4.78 is 38.7. The van der Waals surface area contributed by atoms with E-state index in [2.05, 4.69) is 4.72 Å². The van der Waals surface area contributed by atoms with Crippen molar-refractivity contribution in [3.8, 4) is 11.5 Å². The predicted molar refractivity (Wildman–Crippen MR) is 128 cm³/mol. The van der Waals surface area contributed by atoms with E-state index in [1.807, 2.05) is 6.92 Å². The van der Waals surface area contributed by atoms with Crippen molar-refractivity contribution < 1.29 is 27.5 Å². The van der Waals surface area contributed by atoms with Crippen molar-refractivity contribution in [1.29, 1.82) is 0 Å². The summed E-state index contributed by atoms with van der Waals surface area (Å²) in [6.07, 6.45) is 0.113. The van der Waals surface area contributed by atoms with Crippen LogP contribution in [-0.2, 0) is 14.8 Å². The number of esters is 1. The van der Waals surface area contributed by atoms with Crippen LogP contribution in [0.2, 0.25) is 5.02 Å². The highest BCUT2D eigenvalue weighted by Gasteiger charge is 2.26. The SMILES string of the molecule is CC[C@@H](NS(=O)(=O)c1ccc(C)cc1)C(=O)Oc1cc(O)c2c(=O)c3ccc(Cl)cc3oc2c1. The molecule has 0 aliphatic carbocycles. The smallest absolute Gasteiger partial charge is 0.329 e. The number of nitrogens with one attached hydrogen (secondary N) is 1. The molecule has 2 N–H and O–H groups in total. The van der Waals surface area contributed by atoms with E-state index in [0.29, 0.717) is 5.02 Å². The Morgan fingerprint density at radius 2 is 1.82 bits per heavy atom. The van der Waals surface area contributed by atoms with Gasteiger partial charge in [0.05, 0.1) is 10.3 Å². The third-order valence-corrected chi connectivity index (χ3v) is 6.95. The van der Waals surface area contributed by atoms with Crippen LogP contribution in [0.15, 0.2) is 68.7 Å². The normalized spacial score (nSPS) is 12.7. The number of carbonyl (C=O) groups excluding carboxylic acids is 1. The number of rotatable bonds is 6. The van der Waals surface area contributed by atoms with Crippen molar-refractivity contribution in [2.45, 2.75) is 31.2 Å². The molecule has 0 bridgehead atoms. The van der Waals surface area contributed by atoms with Gasteiger partial charge >= 0.3 is 5.97 Å². The molecule has 0 saturated heterocycles. The molecule has 4 rings (SSSR count). The molecule has 0 fully saturated rings. The summed E-state index contributed by atoms with van der Waals surface area (Å²) in [5, 5.41) is 10.9. The lowest BCUT2D eigenvalue weighted by atomic mass is 10.1. The number of hydrogen-bond acceptors (Lipinski definition) is 7. The van der Waals surface area contributed by atoms with Gasteiger partial charge in [0, 0.05) is 23.2 Å². The monoisotopic (exact) mass is 501 g/mol. The summed E-state index contributed by atoms with van der Waals surface area (Å²) >= 11 is 5.97. The minimum absolute atomic E-state index is 0.0139. The van der Waals surface area contributed by atoms with Crippen molar-refractivity contribution in [1.82, 2.24) is 4.72 Å².